The van der Waals surface area contributed by atoms with Crippen LogP contribution in [0.25, 0.3) is 34.7 Å². The molecule has 11 nitrogen and oxygen atoms in total. The highest BCUT2D eigenvalue weighted by molar-refractivity contribution is 7.33. The quantitative estimate of drug-likeness (QED) is 0.0849. The lowest BCUT2D eigenvalue weighted by Crippen LogP contribution is -2.07. The number of nitrogens with one attached hydrogen (secondary N) is 2. The molecule has 54 heavy (non-hydrogen) atoms. The summed E-state index contributed by atoms with van der Waals surface area (Å²) >= 11 is 0. The van der Waals surface area contributed by atoms with Crippen molar-refractivity contribution >= 4 is 43.6 Å². The van der Waals surface area contributed by atoms with Crippen molar-refractivity contribution in [1.82, 2.24) is 19.6 Å². The Morgan fingerprint density at radius 1 is 0.630 bits per heavy atom. The minimum atomic E-state index is -2.82. The molecule has 2 amide bonds. The monoisotopic (exact) mass is 748 g/mol. The van der Waals surface area contributed by atoms with Crippen molar-refractivity contribution in [1.29, 1.82) is 0 Å². The van der Waals surface area contributed by atoms with Crippen LogP contribution in [0.5, 0.6) is 0 Å². The molecule has 0 saturated carbocycles. The van der Waals surface area contributed by atoms with Gasteiger partial charge >= 0.3 is 8.25 Å². The van der Waals surface area contributed by atoms with Gasteiger partial charge in [-0.25, -0.2) is 8.78 Å². The maximum absolute atomic E-state index is 13.4. The maximum Gasteiger partial charge on any atom is 0.319 e. The number of benzene rings is 4. The van der Waals surface area contributed by atoms with Crippen LogP contribution >= 0.6 is 8.25 Å². The topological polar surface area (TPSA) is 129 Å². The van der Waals surface area contributed by atoms with Crippen molar-refractivity contribution < 1.29 is 32.0 Å². The van der Waals surface area contributed by atoms with Crippen LogP contribution in [0.4, 0.5) is 20.2 Å². The Morgan fingerprint density at radius 3 is 1.37 bits per heavy atom. The van der Waals surface area contributed by atoms with Crippen molar-refractivity contribution in [3.63, 3.8) is 0 Å². The van der Waals surface area contributed by atoms with Crippen LogP contribution in [0, 0.1) is 11.6 Å². The molecule has 0 bridgehead atoms. The molecule has 274 valence electrons. The molecule has 6 rings (SSSR count). The Balaban J connectivity index is 0.922. The smallest absolute Gasteiger partial charge is 0.319 e. The molecule has 2 aromatic heterocycles. The largest absolute Gasteiger partial charge is 0.323 e. The van der Waals surface area contributed by atoms with Crippen LogP contribution in [0.1, 0.15) is 22.3 Å². The average Bonchev–Trinajstić information content (AvgIpc) is 3.74. The van der Waals surface area contributed by atoms with Crippen molar-refractivity contribution in [2.24, 2.45) is 14.1 Å². The summed E-state index contributed by atoms with van der Waals surface area (Å²) < 4.78 is 53.3. The molecule has 0 saturated heterocycles. The average molecular weight is 749 g/mol. The second-order valence-electron chi connectivity index (χ2n) is 12.0. The Labute approximate surface area is 310 Å². The number of carbonyl (C=O) groups is 2. The molecule has 0 radical (unpaired) electrons. The summed E-state index contributed by atoms with van der Waals surface area (Å²) in [6.45, 7) is 0.0873. The molecule has 0 spiro atoms. The Morgan fingerprint density at radius 2 is 1.00 bits per heavy atom. The molecule has 14 heteroatoms. The number of anilines is 2. The van der Waals surface area contributed by atoms with E-state index in [0.29, 0.717) is 22.5 Å². The van der Waals surface area contributed by atoms with Crippen LogP contribution in [-0.2, 0) is 50.5 Å². The molecule has 0 fully saturated rings. The number of aryl methyl sites for hydroxylation is 2. The molecule has 0 unspecified atom stereocenters. The number of nitrogens with zero attached hydrogens (tertiary/aromatic N) is 4. The fourth-order valence-electron chi connectivity index (χ4n) is 5.47. The van der Waals surface area contributed by atoms with Gasteiger partial charge in [-0.2, -0.15) is 10.2 Å². The van der Waals surface area contributed by atoms with E-state index in [1.807, 2.05) is 0 Å². The minimum absolute atomic E-state index is 0.0437. The van der Waals surface area contributed by atoms with E-state index in [1.165, 1.54) is 36.4 Å². The van der Waals surface area contributed by atoms with Crippen molar-refractivity contribution in [3.8, 4) is 22.5 Å². The summed E-state index contributed by atoms with van der Waals surface area (Å²) in [6, 6.07) is 25.9. The second kappa shape index (κ2) is 17.5. The second-order valence-corrected chi connectivity index (χ2v) is 13.1. The lowest BCUT2D eigenvalue weighted by Gasteiger charge is -2.08. The van der Waals surface area contributed by atoms with E-state index >= 15 is 0 Å². The first-order valence-corrected chi connectivity index (χ1v) is 17.9. The summed E-state index contributed by atoms with van der Waals surface area (Å²) in [7, 11) is 0.728. The number of aromatic nitrogens is 4. The van der Waals surface area contributed by atoms with E-state index in [4.69, 9.17) is 9.05 Å². The lowest BCUT2D eigenvalue weighted by atomic mass is 10.1. The molecule has 0 atom stereocenters. The van der Waals surface area contributed by atoms with Gasteiger partial charge in [0.2, 0.25) is 11.8 Å². The van der Waals surface area contributed by atoms with Gasteiger partial charge < -0.3 is 19.7 Å². The predicted octanol–water partition coefficient (Wildman–Crippen LogP) is 8.19. The SMILES string of the molecule is Cn1ncc(/C=C/C(=O)Nc2ccc(CO[PH](=O)OCc3ccc(NC(=O)/C=C/c4cnn(C)c4-c4ccc(F)cc4)cc3)cc2)c1-c1ccc(F)cc1. The zero-order valence-corrected chi connectivity index (χ0v) is 30.2. The van der Waals surface area contributed by atoms with Gasteiger partial charge in [-0.1, -0.05) is 24.3 Å². The predicted molar refractivity (Wildman–Crippen MR) is 204 cm³/mol. The minimum Gasteiger partial charge on any atom is -0.323 e. The molecule has 0 aliphatic carbocycles. The number of amides is 2. The highest BCUT2D eigenvalue weighted by Gasteiger charge is 2.12. The maximum atomic E-state index is 13.4. The Bertz CT molecular complexity index is 2160. The molecular formula is C40H35F2N6O5P. The van der Waals surface area contributed by atoms with Crippen molar-refractivity contribution in [2.75, 3.05) is 10.6 Å². The van der Waals surface area contributed by atoms with E-state index in [9.17, 15) is 22.9 Å². The van der Waals surface area contributed by atoms with Gasteiger partial charge in [0, 0.05) is 59.9 Å². The molecule has 0 aliphatic heterocycles. The van der Waals surface area contributed by atoms with E-state index < -0.39 is 8.25 Å². The molecule has 2 heterocycles. The summed E-state index contributed by atoms with van der Waals surface area (Å²) in [6.07, 6.45) is 9.33. The van der Waals surface area contributed by atoms with Crippen LogP contribution < -0.4 is 10.6 Å². The zero-order chi connectivity index (χ0) is 38.0. The van der Waals surface area contributed by atoms with E-state index in [1.54, 1.807) is 121 Å². The first-order chi connectivity index (χ1) is 26.1. The number of carbonyl (C=O) groups excluding carboxylic acids is 2. The Kier molecular flexibility index (Phi) is 12.1. The number of rotatable bonds is 14. The van der Waals surface area contributed by atoms with Gasteiger partial charge in [0.25, 0.3) is 0 Å². The number of hydrogen-bond acceptors (Lipinski definition) is 7. The van der Waals surface area contributed by atoms with E-state index in [-0.39, 0.29) is 36.7 Å². The first kappa shape index (κ1) is 37.5. The molecule has 6 aromatic rings. The van der Waals surface area contributed by atoms with Crippen LogP contribution in [-0.4, -0.2) is 31.4 Å². The third-order valence-corrected chi connectivity index (χ3v) is 8.91. The van der Waals surface area contributed by atoms with E-state index in [0.717, 1.165) is 33.6 Å². The van der Waals surface area contributed by atoms with Gasteiger partial charge in [-0.05, 0) is 96.1 Å². The molecule has 0 aliphatic rings. The summed E-state index contributed by atoms with van der Waals surface area (Å²) in [5, 5.41) is 14.1. The molecular weight excluding hydrogens is 713 g/mol. The Hall–Kier alpha value is -6.27. The summed E-state index contributed by atoms with van der Waals surface area (Å²) in [5.74, 6) is -1.37. The van der Waals surface area contributed by atoms with Crippen LogP contribution in [0.15, 0.2) is 122 Å². The fraction of sp³-hybridized carbons (Fsp3) is 0.100. The highest BCUT2D eigenvalue weighted by Crippen LogP contribution is 2.29. The number of halogens is 2. The van der Waals surface area contributed by atoms with Crippen molar-refractivity contribution in [3.05, 3.63) is 155 Å². The van der Waals surface area contributed by atoms with Gasteiger partial charge in [-0.3, -0.25) is 23.5 Å². The van der Waals surface area contributed by atoms with E-state index in [2.05, 4.69) is 20.8 Å². The van der Waals surface area contributed by atoms with Crippen LogP contribution in [0.3, 0.4) is 0 Å². The summed E-state index contributed by atoms with van der Waals surface area (Å²) in [5.41, 5.74) is 7.02. The molecule has 4 aromatic carbocycles. The highest BCUT2D eigenvalue weighted by atomic mass is 31.1. The van der Waals surface area contributed by atoms with Gasteiger partial charge in [0.1, 0.15) is 11.6 Å². The lowest BCUT2D eigenvalue weighted by molar-refractivity contribution is -0.112. The normalized spacial score (nSPS) is 11.5. The van der Waals surface area contributed by atoms with Crippen LogP contribution in [0.2, 0.25) is 0 Å². The van der Waals surface area contributed by atoms with Gasteiger partial charge in [-0.15, -0.1) is 0 Å². The van der Waals surface area contributed by atoms with Crippen molar-refractivity contribution in [2.45, 2.75) is 13.2 Å². The van der Waals surface area contributed by atoms with Gasteiger partial charge in [0.05, 0.1) is 37.0 Å². The summed E-state index contributed by atoms with van der Waals surface area (Å²) in [4.78, 5) is 25.2. The number of hydrogen-bond donors (Lipinski definition) is 2. The van der Waals surface area contributed by atoms with Gasteiger partial charge in [0.15, 0.2) is 0 Å². The molecule has 2 N–H and O–H groups in total. The standard InChI is InChI=1S/C40H35F2N6O5P/c1-47-39(29-7-13-33(41)14-8-29)31(23-43-47)11-21-37(49)45-35-17-3-27(4-18-35)25-52-54(51)53-26-28-5-19-36(20-6-28)46-38(50)22-12-32-24-44-48(2)40(32)30-9-15-34(42)16-10-30/h3-24,54H,25-26H2,1-2H3,(H,45,49)(H,46,50)/b21-11+,22-12+. The third-order valence-electron chi connectivity index (χ3n) is 8.15. The third kappa shape index (κ3) is 9.98. The first-order valence-electron chi connectivity index (χ1n) is 16.6. The fourth-order valence-corrected chi connectivity index (χ4v) is 6.12. The zero-order valence-electron chi connectivity index (χ0n) is 29.2.